The smallest absolute Gasteiger partial charge is 0.356 e. The van der Waals surface area contributed by atoms with Crippen molar-refractivity contribution < 1.29 is 24.0 Å². The molecule has 0 aliphatic heterocycles. The first-order valence-electron chi connectivity index (χ1n) is 5.14. The van der Waals surface area contributed by atoms with E-state index in [1.54, 1.807) is 0 Å². The van der Waals surface area contributed by atoms with E-state index in [9.17, 15) is 19.3 Å². The molecule has 0 aliphatic carbocycles. The minimum atomic E-state index is -1.34. The van der Waals surface area contributed by atoms with Crippen molar-refractivity contribution in [3.63, 3.8) is 0 Å². The summed E-state index contributed by atoms with van der Waals surface area (Å²) < 4.78 is 18.1. The fraction of sp³-hybridized carbons (Fsp3) is 0. The van der Waals surface area contributed by atoms with E-state index in [2.05, 4.69) is 9.97 Å². The standard InChI is InChI=1S/C11H6FN3O5/c12-6-1-2-8(15(18)19)9(3-6)20-10-5-13-4-7(14-10)11(16)17/h1-5H,(H,16,17). The molecule has 1 aromatic heterocycles. The van der Waals surface area contributed by atoms with Gasteiger partial charge in [-0.05, 0) is 6.07 Å². The van der Waals surface area contributed by atoms with Crippen molar-refractivity contribution in [2.75, 3.05) is 0 Å². The van der Waals surface area contributed by atoms with Crippen LogP contribution in [0.4, 0.5) is 10.1 Å². The largest absolute Gasteiger partial charge is 0.476 e. The van der Waals surface area contributed by atoms with Crippen LogP contribution in [0.15, 0.2) is 30.6 Å². The highest BCUT2D eigenvalue weighted by Crippen LogP contribution is 2.30. The van der Waals surface area contributed by atoms with Gasteiger partial charge in [0.25, 0.3) is 0 Å². The topological polar surface area (TPSA) is 115 Å². The lowest BCUT2D eigenvalue weighted by molar-refractivity contribution is -0.385. The van der Waals surface area contributed by atoms with Gasteiger partial charge in [-0.3, -0.25) is 15.1 Å². The molecule has 0 aliphatic rings. The molecular weight excluding hydrogens is 273 g/mol. The Bertz CT molecular complexity index is 692. The molecule has 0 saturated carbocycles. The highest BCUT2D eigenvalue weighted by molar-refractivity contribution is 5.84. The van der Waals surface area contributed by atoms with E-state index in [1.807, 2.05) is 0 Å². The molecule has 102 valence electrons. The van der Waals surface area contributed by atoms with Gasteiger partial charge in [0, 0.05) is 12.1 Å². The first kappa shape index (κ1) is 13.3. The second-order valence-corrected chi connectivity index (χ2v) is 3.52. The molecule has 0 bridgehead atoms. The molecule has 20 heavy (non-hydrogen) atoms. The van der Waals surface area contributed by atoms with E-state index in [4.69, 9.17) is 9.84 Å². The number of aromatic carboxylic acids is 1. The molecule has 9 heteroatoms. The van der Waals surface area contributed by atoms with Crippen LogP contribution >= 0.6 is 0 Å². The molecule has 0 saturated heterocycles. The Morgan fingerprint density at radius 2 is 2.15 bits per heavy atom. The summed E-state index contributed by atoms with van der Waals surface area (Å²) in [5, 5.41) is 19.5. The van der Waals surface area contributed by atoms with Crippen molar-refractivity contribution in [1.29, 1.82) is 0 Å². The van der Waals surface area contributed by atoms with Crippen LogP contribution < -0.4 is 4.74 Å². The highest BCUT2D eigenvalue weighted by atomic mass is 19.1. The van der Waals surface area contributed by atoms with E-state index < -0.39 is 33.8 Å². The predicted octanol–water partition coefficient (Wildman–Crippen LogP) is 2.01. The van der Waals surface area contributed by atoms with Gasteiger partial charge < -0.3 is 9.84 Å². The van der Waals surface area contributed by atoms with E-state index in [0.717, 1.165) is 30.6 Å². The maximum Gasteiger partial charge on any atom is 0.356 e. The van der Waals surface area contributed by atoms with E-state index >= 15 is 0 Å². The SMILES string of the molecule is O=C(O)c1cncc(Oc2cc(F)ccc2[N+](=O)[O-])n1. The zero-order valence-corrected chi connectivity index (χ0v) is 9.69. The second kappa shape index (κ2) is 5.26. The van der Waals surface area contributed by atoms with Crippen LogP contribution in [0, 0.1) is 15.9 Å². The van der Waals surface area contributed by atoms with Gasteiger partial charge in [0.05, 0.1) is 17.3 Å². The fourth-order valence-electron chi connectivity index (χ4n) is 1.33. The minimum absolute atomic E-state index is 0.293. The van der Waals surface area contributed by atoms with Crippen molar-refractivity contribution in [3.05, 3.63) is 52.2 Å². The Morgan fingerprint density at radius 1 is 1.40 bits per heavy atom. The molecule has 1 aromatic carbocycles. The third kappa shape index (κ3) is 2.83. The summed E-state index contributed by atoms with van der Waals surface area (Å²) in [5.41, 5.74) is -0.879. The number of carboxylic acid groups (broad SMARTS) is 1. The average molecular weight is 279 g/mol. The zero-order chi connectivity index (χ0) is 14.7. The Labute approximate surface area is 110 Å². The van der Waals surface area contributed by atoms with Crippen LogP contribution in [0.5, 0.6) is 11.6 Å². The lowest BCUT2D eigenvalue weighted by Crippen LogP contribution is -2.03. The van der Waals surface area contributed by atoms with E-state index in [1.165, 1.54) is 0 Å². The minimum Gasteiger partial charge on any atom is -0.476 e. The summed E-state index contributed by atoms with van der Waals surface area (Å²) in [6.45, 7) is 0. The normalized spacial score (nSPS) is 10.1. The van der Waals surface area contributed by atoms with Crippen LogP contribution in [0.25, 0.3) is 0 Å². The number of carboxylic acids is 1. The lowest BCUT2D eigenvalue weighted by atomic mass is 10.3. The van der Waals surface area contributed by atoms with Crippen LogP contribution in [0.3, 0.4) is 0 Å². The number of hydrogen-bond donors (Lipinski definition) is 1. The first-order chi connectivity index (χ1) is 9.47. The molecule has 1 N–H and O–H groups in total. The van der Waals surface area contributed by atoms with Gasteiger partial charge in [0.15, 0.2) is 5.69 Å². The lowest BCUT2D eigenvalue weighted by Gasteiger charge is -2.05. The van der Waals surface area contributed by atoms with E-state index in [0.29, 0.717) is 0 Å². The van der Waals surface area contributed by atoms with Gasteiger partial charge in [-0.2, -0.15) is 0 Å². The van der Waals surface area contributed by atoms with Gasteiger partial charge in [0.1, 0.15) is 5.82 Å². The quantitative estimate of drug-likeness (QED) is 0.672. The van der Waals surface area contributed by atoms with Crippen molar-refractivity contribution in [2.45, 2.75) is 0 Å². The van der Waals surface area contributed by atoms with Crippen LogP contribution in [-0.4, -0.2) is 26.0 Å². The molecule has 0 atom stereocenters. The van der Waals surface area contributed by atoms with Crippen molar-refractivity contribution in [3.8, 4) is 11.6 Å². The Balaban J connectivity index is 2.39. The zero-order valence-electron chi connectivity index (χ0n) is 9.69. The average Bonchev–Trinajstić information content (AvgIpc) is 2.38. The van der Waals surface area contributed by atoms with Crippen molar-refractivity contribution in [1.82, 2.24) is 9.97 Å². The molecule has 8 nitrogen and oxygen atoms in total. The van der Waals surface area contributed by atoms with Crippen molar-refractivity contribution in [2.24, 2.45) is 0 Å². The summed E-state index contributed by atoms with van der Waals surface area (Å²) in [6, 6.07) is 2.64. The molecule has 0 spiro atoms. The van der Waals surface area contributed by atoms with Crippen LogP contribution in [0.2, 0.25) is 0 Å². The number of nitrogens with zero attached hydrogens (tertiary/aromatic N) is 3. The maximum atomic E-state index is 13.1. The first-order valence-corrected chi connectivity index (χ1v) is 5.14. The molecular formula is C11H6FN3O5. The fourth-order valence-corrected chi connectivity index (χ4v) is 1.33. The summed E-state index contributed by atoms with van der Waals surface area (Å²) >= 11 is 0. The predicted molar refractivity (Wildman–Crippen MR) is 62.1 cm³/mol. The number of benzene rings is 1. The molecule has 0 unspecified atom stereocenters. The number of nitro groups is 1. The molecule has 2 aromatic rings. The number of ether oxygens (including phenoxy) is 1. The van der Waals surface area contributed by atoms with Gasteiger partial charge in [-0.1, -0.05) is 0 Å². The van der Waals surface area contributed by atoms with Crippen molar-refractivity contribution >= 4 is 11.7 Å². The Hall–Kier alpha value is -3.10. The molecule has 0 fully saturated rings. The van der Waals surface area contributed by atoms with E-state index in [-0.39, 0.29) is 5.88 Å². The molecule has 1 heterocycles. The van der Waals surface area contributed by atoms with Gasteiger partial charge in [-0.15, -0.1) is 0 Å². The summed E-state index contributed by atoms with van der Waals surface area (Å²) in [4.78, 5) is 27.9. The molecule has 2 rings (SSSR count). The second-order valence-electron chi connectivity index (χ2n) is 3.52. The number of halogens is 1. The number of rotatable bonds is 4. The van der Waals surface area contributed by atoms with Gasteiger partial charge in [-0.25, -0.2) is 14.2 Å². The summed E-state index contributed by atoms with van der Waals surface area (Å²) in [5.74, 6) is -2.77. The monoisotopic (exact) mass is 279 g/mol. The van der Waals surface area contributed by atoms with Crippen LogP contribution in [-0.2, 0) is 0 Å². The van der Waals surface area contributed by atoms with Crippen LogP contribution in [0.1, 0.15) is 10.5 Å². The number of nitro benzene ring substituents is 1. The maximum absolute atomic E-state index is 13.1. The summed E-state index contributed by atoms with van der Waals surface area (Å²) in [7, 11) is 0. The number of carbonyl (C=O) groups is 1. The third-order valence-electron chi connectivity index (χ3n) is 2.16. The Morgan fingerprint density at radius 3 is 2.80 bits per heavy atom. The molecule has 0 radical (unpaired) electrons. The number of aromatic nitrogens is 2. The molecule has 0 amide bonds. The van der Waals surface area contributed by atoms with Gasteiger partial charge in [0.2, 0.25) is 11.6 Å². The Kier molecular flexibility index (Phi) is 3.51. The summed E-state index contributed by atoms with van der Waals surface area (Å²) in [6.07, 6.45) is 2.04. The number of hydrogen-bond acceptors (Lipinski definition) is 6. The third-order valence-corrected chi connectivity index (χ3v) is 2.16. The highest BCUT2D eigenvalue weighted by Gasteiger charge is 2.18. The van der Waals surface area contributed by atoms with Gasteiger partial charge >= 0.3 is 11.7 Å².